The summed E-state index contributed by atoms with van der Waals surface area (Å²) in [6.07, 6.45) is 11.8. The van der Waals surface area contributed by atoms with E-state index in [1.54, 1.807) is 0 Å². The van der Waals surface area contributed by atoms with E-state index >= 15 is 0 Å². The highest BCUT2D eigenvalue weighted by molar-refractivity contribution is 5.78. The fourth-order valence-electron chi connectivity index (χ4n) is 2.55. The van der Waals surface area contributed by atoms with Gasteiger partial charge in [0.2, 0.25) is 0 Å². The van der Waals surface area contributed by atoms with E-state index in [0.717, 1.165) is 12.1 Å². The molecule has 0 amide bonds. The Kier molecular flexibility index (Phi) is 3.83. The van der Waals surface area contributed by atoms with Crippen molar-refractivity contribution in [2.75, 3.05) is 0 Å². The van der Waals surface area contributed by atoms with Crippen LogP contribution in [-0.2, 0) is 0 Å². The van der Waals surface area contributed by atoms with Crippen LogP contribution in [0, 0.1) is 6.92 Å². The Bertz CT molecular complexity index is 748. The summed E-state index contributed by atoms with van der Waals surface area (Å²) in [5.41, 5.74) is 7.38. The summed E-state index contributed by atoms with van der Waals surface area (Å²) in [7, 11) is 0. The second-order valence-electron chi connectivity index (χ2n) is 5.44. The summed E-state index contributed by atoms with van der Waals surface area (Å²) >= 11 is 0. The molecule has 1 aliphatic rings. The van der Waals surface area contributed by atoms with Gasteiger partial charge in [-0.1, -0.05) is 48.1 Å². The third kappa shape index (κ3) is 3.19. The van der Waals surface area contributed by atoms with E-state index in [2.05, 4.69) is 72.6 Å². The molecule has 0 atom stereocenters. The van der Waals surface area contributed by atoms with Crippen molar-refractivity contribution >= 4 is 5.57 Å². The third-order valence-electron chi connectivity index (χ3n) is 3.73. The normalized spacial score (nSPS) is 14.4. The monoisotopic (exact) mass is 273 g/mol. The van der Waals surface area contributed by atoms with Crippen LogP contribution >= 0.6 is 0 Å². The van der Waals surface area contributed by atoms with Crippen molar-refractivity contribution in [3.8, 4) is 11.1 Å². The van der Waals surface area contributed by atoms with Gasteiger partial charge >= 0.3 is 0 Å². The van der Waals surface area contributed by atoms with E-state index in [1.165, 1.54) is 27.8 Å². The van der Waals surface area contributed by atoms with Gasteiger partial charge in [0.15, 0.2) is 0 Å². The first kappa shape index (κ1) is 13.6. The fraction of sp³-hybridized carbons (Fsp3) is 0.150. The fourth-order valence-corrected chi connectivity index (χ4v) is 2.55. The van der Waals surface area contributed by atoms with Gasteiger partial charge in [0, 0.05) is 11.9 Å². The highest BCUT2D eigenvalue weighted by Gasteiger charge is 2.04. The van der Waals surface area contributed by atoms with E-state index in [9.17, 15) is 0 Å². The Labute approximate surface area is 126 Å². The zero-order valence-electron chi connectivity index (χ0n) is 12.5. The van der Waals surface area contributed by atoms with Gasteiger partial charge in [0.1, 0.15) is 0 Å². The van der Waals surface area contributed by atoms with Gasteiger partial charge in [-0.25, -0.2) is 0 Å². The molecule has 1 heterocycles. The number of pyridine rings is 1. The Morgan fingerprint density at radius 2 is 1.67 bits per heavy atom. The second kappa shape index (κ2) is 5.92. The third-order valence-corrected chi connectivity index (χ3v) is 3.73. The lowest BCUT2D eigenvalue weighted by Gasteiger charge is -2.07. The first-order valence-corrected chi connectivity index (χ1v) is 7.31. The van der Waals surface area contributed by atoms with Crippen LogP contribution in [0.15, 0.2) is 72.5 Å². The molecule has 0 N–H and O–H groups in total. The molecule has 104 valence electrons. The molecule has 0 fully saturated rings. The molecule has 2 aromatic rings. The topological polar surface area (TPSA) is 12.9 Å². The molecule has 0 aliphatic heterocycles. The van der Waals surface area contributed by atoms with Crippen LogP contribution in [0.4, 0.5) is 0 Å². The minimum absolute atomic E-state index is 0.993. The highest BCUT2D eigenvalue weighted by atomic mass is 14.6. The Balaban J connectivity index is 1.98. The number of allylic oxidation sites excluding steroid dienone is 6. The predicted octanol–water partition coefficient (Wildman–Crippen LogP) is 5.35. The smallest absolute Gasteiger partial charge is 0.0378 e. The lowest BCUT2D eigenvalue weighted by molar-refractivity contribution is 1.20. The van der Waals surface area contributed by atoms with Crippen molar-refractivity contribution in [3.05, 3.63) is 83.7 Å². The maximum Gasteiger partial charge on any atom is 0.0378 e. The van der Waals surface area contributed by atoms with Crippen LogP contribution in [0.1, 0.15) is 24.6 Å². The van der Waals surface area contributed by atoms with Gasteiger partial charge in [0.25, 0.3) is 0 Å². The Hall–Kier alpha value is -2.41. The maximum absolute atomic E-state index is 4.27. The molecule has 0 bridgehead atoms. The van der Waals surface area contributed by atoms with Gasteiger partial charge in [-0.3, -0.25) is 4.98 Å². The molecular formula is C20H19N. The Morgan fingerprint density at radius 1 is 0.857 bits per heavy atom. The van der Waals surface area contributed by atoms with Crippen molar-refractivity contribution in [2.24, 2.45) is 0 Å². The summed E-state index contributed by atoms with van der Waals surface area (Å²) in [6.45, 7) is 4.17. The Morgan fingerprint density at radius 3 is 2.52 bits per heavy atom. The molecule has 1 nitrogen and oxygen atoms in total. The average Bonchev–Trinajstić information content (AvgIpc) is 2.72. The first-order chi connectivity index (χ1) is 10.2. The van der Waals surface area contributed by atoms with Gasteiger partial charge < -0.3 is 0 Å². The summed E-state index contributed by atoms with van der Waals surface area (Å²) < 4.78 is 0. The molecular weight excluding hydrogens is 254 g/mol. The van der Waals surface area contributed by atoms with E-state index in [4.69, 9.17) is 0 Å². The molecule has 0 saturated heterocycles. The summed E-state index contributed by atoms with van der Waals surface area (Å²) in [5.74, 6) is 0. The van der Waals surface area contributed by atoms with Gasteiger partial charge in [-0.15, -0.1) is 0 Å². The number of nitrogens with zero attached hydrogens (tertiary/aromatic N) is 1. The lowest BCUT2D eigenvalue weighted by Crippen LogP contribution is -1.86. The van der Waals surface area contributed by atoms with E-state index in [1.807, 2.05) is 13.1 Å². The average molecular weight is 273 g/mol. The van der Waals surface area contributed by atoms with Crippen LogP contribution in [-0.4, -0.2) is 4.98 Å². The van der Waals surface area contributed by atoms with Crippen LogP contribution in [0.3, 0.4) is 0 Å². The number of aryl methyl sites for hydroxylation is 1. The minimum atomic E-state index is 0.993. The number of rotatable bonds is 2. The van der Waals surface area contributed by atoms with Crippen molar-refractivity contribution in [3.63, 3.8) is 0 Å². The molecule has 0 spiro atoms. The van der Waals surface area contributed by atoms with Crippen molar-refractivity contribution in [1.29, 1.82) is 0 Å². The zero-order chi connectivity index (χ0) is 14.7. The standard InChI is InChI=1S/C20H19N/c1-15-5-3-6-17(10-9-15)18-7-4-8-19(14-18)20-11-12-21-16(2)13-20/h4-14H,3H2,1-2H3. The van der Waals surface area contributed by atoms with Crippen LogP contribution in [0.2, 0.25) is 0 Å². The minimum Gasteiger partial charge on any atom is -0.262 e. The van der Waals surface area contributed by atoms with Crippen LogP contribution in [0.25, 0.3) is 16.7 Å². The molecule has 0 radical (unpaired) electrons. The van der Waals surface area contributed by atoms with Crippen LogP contribution < -0.4 is 0 Å². The molecule has 0 unspecified atom stereocenters. The molecule has 1 aromatic carbocycles. The van der Waals surface area contributed by atoms with Gasteiger partial charge in [0.05, 0.1) is 0 Å². The number of benzene rings is 1. The van der Waals surface area contributed by atoms with E-state index in [-0.39, 0.29) is 0 Å². The molecule has 1 aromatic heterocycles. The molecule has 1 aliphatic carbocycles. The summed E-state index contributed by atoms with van der Waals surface area (Å²) in [5, 5.41) is 0. The summed E-state index contributed by atoms with van der Waals surface area (Å²) in [6, 6.07) is 12.9. The van der Waals surface area contributed by atoms with E-state index in [0.29, 0.717) is 0 Å². The van der Waals surface area contributed by atoms with E-state index < -0.39 is 0 Å². The second-order valence-corrected chi connectivity index (χ2v) is 5.44. The lowest BCUT2D eigenvalue weighted by atomic mass is 9.98. The molecule has 1 heteroatoms. The summed E-state index contributed by atoms with van der Waals surface area (Å²) in [4.78, 5) is 4.27. The van der Waals surface area contributed by atoms with Crippen molar-refractivity contribution < 1.29 is 0 Å². The maximum atomic E-state index is 4.27. The predicted molar refractivity (Wildman–Crippen MR) is 89.9 cm³/mol. The molecule has 0 saturated carbocycles. The first-order valence-electron chi connectivity index (χ1n) is 7.31. The van der Waals surface area contributed by atoms with Crippen molar-refractivity contribution in [1.82, 2.24) is 4.98 Å². The van der Waals surface area contributed by atoms with Crippen LogP contribution in [0.5, 0.6) is 0 Å². The van der Waals surface area contributed by atoms with Gasteiger partial charge in [-0.2, -0.15) is 0 Å². The molecule has 21 heavy (non-hydrogen) atoms. The highest BCUT2D eigenvalue weighted by Crippen LogP contribution is 2.26. The quantitative estimate of drug-likeness (QED) is 0.719. The largest absolute Gasteiger partial charge is 0.262 e. The number of aromatic nitrogens is 1. The number of hydrogen-bond donors (Lipinski definition) is 0. The number of hydrogen-bond acceptors (Lipinski definition) is 1. The van der Waals surface area contributed by atoms with Gasteiger partial charge in [-0.05, 0) is 60.7 Å². The van der Waals surface area contributed by atoms with Crippen molar-refractivity contribution in [2.45, 2.75) is 20.3 Å². The zero-order valence-corrected chi connectivity index (χ0v) is 12.5. The molecule has 3 rings (SSSR count). The SMILES string of the molecule is CC1=CCC=C(c2cccc(-c3ccnc(C)c3)c2)C=C1.